The van der Waals surface area contributed by atoms with Crippen molar-refractivity contribution in [1.82, 2.24) is 10.2 Å². The fraction of sp³-hybridized carbons (Fsp3) is 0.579. The van der Waals surface area contributed by atoms with Gasteiger partial charge in [0.25, 0.3) is 0 Å². The van der Waals surface area contributed by atoms with Gasteiger partial charge < -0.3 is 19.9 Å². The van der Waals surface area contributed by atoms with E-state index in [1.54, 1.807) is 25.9 Å². The maximum Gasteiger partial charge on any atom is 0.237 e. The molecule has 1 aliphatic heterocycles. The first-order valence-electron chi connectivity index (χ1n) is 8.87. The lowest BCUT2D eigenvalue weighted by Crippen LogP contribution is -2.55. The van der Waals surface area contributed by atoms with Gasteiger partial charge in [-0.2, -0.15) is 0 Å². The van der Waals surface area contributed by atoms with Crippen molar-refractivity contribution in [2.75, 3.05) is 44.7 Å². The Hall–Kier alpha value is -2.24. The third-order valence-corrected chi connectivity index (χ3v) is 4.63. The van der Waals surface area contributed by atoms with E-state index >= 15 is 0 Å². The smallest absolute Gasteiger partial charge is 0.237 e. The number of benzene rings is 1. The fourth-order valence-electron chi connectivity index (χ4n) is 2.99. The Balaban J connectivity index is 1.99. The molecule has 6 nitrogen and oxygen atoms in total. The monoisotopic (exact) mass is 347 g/mol. The van der Waals surface area contributed by atoms with Crippen molar-refractivity contribution in [2.45, 2.75) is 27.2 Å². The highest BCUT2D eigenvalue weighted by molar-refractivity contribution is 6.04. The average molecular weight is 347 g/mol. The highest BCUT2D eigenvalue weighted by Crippen LogP contribution is 2.29. The van der Waals surface area contributed by atoms with E-state index in [4.69, 9.17) is 4.74 Å². The standard InChI is InChI=1S/C19H29N3O3/c1-5-10-20-17(23)19(2,3)18(24)22-13-11-21(12-14-22)15-8-6-7-9-16(15)25-4/h6-9H,5,10-14H2,1-4H3,(H,20,23). The minimum absolute atomic E-state index is 0.110. The number of piperazine rings is 1. The number of hydrogen-bond donors (Lipinski definition) is 1. The zero-order chi connectivity index (χ0) is 18.4. The topological polar surface area (TPSA) is 61.9 Å². The van der Waals surface area contributed by atoms with E-state index in [9.17, 15) is 9.59 Å². The highest BCUT2D eigenvalue weighted by atomic mass is 16.5. The molecule has 1 heterocycles. The van der Waals surface area contributed by atoms with Crippen LogP contribution >= 0.6 is 0 Å². The quantitative estimate of drug-likeness (QED) is 0.799. The van der Waals surface area contributed by atoms with Crippen LogP contribution in [0.3, 0.4) is 0 Å². The van der Waals surface area contributed by atoms with Crippen molar-refractivity contribution in [2.24, 2.45) is 5.41 Å². The average Bonchev–Trinajstić information content (AvgIpc) is 2.65. The molecule has 6 heteroatoms. The van der Waals surface area contributed by atoms with E-state index in [2.05, 4.69) is 10.2 Å². The van der Waals surface area contributed by atoms with E-state index in [-0.39, 0.29) is 11.8 Å². The van der Waals surface area contributed by atoms with E-state index < -0.39 is 5.41 Å². The number of nitrogens with one attached hydrogen (secondary N) is 1. The minimum atomic E-state index is -1.04. The molecule has 1 N–H and O–H groups in total. The maximum absolute atomic E-state index is 12.8. The van der Waals surface area contributed by atoms with Gasteiger partial charge in [-0.05, 0) is 32.4 Å². The molecule has 25 heavy (non-hydrogen) atoms. The number of amides is 2. The molecule has 1 fully saturated rings. The van der Waals surface area contributed by atoms with Crippen LogP contribution in [0.2, 0.25) is 0 Å². The Morgan fingerprint density at radius 1 is 1.16 bits per heavy atom. The summed E-state index contributed by atoms with van der Waals surface area (Å²) in [6.07, 6.45) is 0.855. The van der Waals surface area contributed by atoms with Gasteiger partial charge in [-0.1, -0.05) is 19.1 Å². The molecule has 2 amide bonds. The van der Waals surface area contributed by atoms with Crippen LogP contribution in [0.4, 0.5) is 5.69 Å². The SMILES string of the molecule is CCCNC(=O)C(C)(C)C(=O)N1CCN(c2ccccc2OC)CC1. The van der Waals surface area contributed by atoms with Gasteiger partial charge >= 0.3 is 0 Å². The number of rotatable bonds is 6. The first-order valence-corrected chi connectivity index (χ1v) is 8.87. The van der Waals surface area contributed by atoms with Gasteiger partial charge in [0.15, 0.2) is 0 Å². The molecular formula is C19H29N3O3. The number of nitrogens with zero attached hydrogens (tertiary/aromatic N) is 2. The maximum atomic E-state index is 12.8. The van der Waals surface area contributed by atoms with Crippen LogP contribution in [0, 0.1) is 5.41 Å². The number of anilines is 1. The summed E-state index contributed by atoms with van der Waals surface area (Å²) in [7, 11) is 1.66. The molecule has 0 radical (unpaired) electrons. The number of hydrogen-bond acceptors (Lipinski definition) is 4. The van der Waals surface area contributed by atoms with Gasteiger partial charge in [-0.15, -0.1) is 0 Å². The summed E-state index contributed by atoms with van der Waals surface area (Å²) in [5.41, 5.74) is -0.000970. The van der Waals surface area contributed by atoms with Crippen molar-refractivity contribution in [1.29, 1.82) is 0 Å². The largest absolute Gasteiger partial charge is 0.495 e. The van der Waals surface area contributed by atoms with Crippen LogP contribution in [0.5, 0.6) is 5.75 Å². The molecule has 1 saturated heterocycles. The fourth-order valence-corrected chi connectivity index (χ4v) is 2.99. The van der Waals surface area contributed by atoms with Crippen molar-refractivity contribution < 1.29 is 14.3 Å². The van der Waals surface area contributed by atoms with Gasteiger partial charge in [0.2, 0.25) is 11.8 Å². The minimum Gasteiger partial charge on any atom is -0.495 e. The highest BCUT2D eigenvalue weighted by Gasteiger charge is 2.39. The lowest BCUT2D eigenvalue weighted by Gasteiger charge is -2.39. The molecule has 0 aliphatic carbocycles. The lowest BCUT2D eigenvalue weighted by molar-refractivity contribution is -0.148. The van der Waals surface area contributed by atoms with Crippen LogP contribution < -0.4 is 15.0 Å². The number of carbonyl (C=O) groups is 2. The Kier molecular flexibility index (Phi) is 6.28. The molecule has 0 saturated carbocycles. The molecule has 2 rings (SSSR count). The van der Waals surface area contributed by atoms with Crippen LogP contribution in [0.15, 0.2) is 24.3 Å². The summed E-state index contributed by atoms with van der Waals surface area (Å²) in [4.78, 5) is 29.1. The van der Waals surface area contributed by atoms with Crippen molar-refractivity contribution in [3.63, 3.8) is 0 Å². The zero-order valence-corrected chi connectivity index (χ0v) is 15.7. The molecular weight excluding hydrogens is 318 g/mol. The summed E-state index contributed by atoms with van der Waals surface area (Å²) in [5.74, 6) is 0.522. The zero-order valence-electron chi connectivity index (χ0n) is 15.7. The van der Waals surface area contributed by atoms with Gasteiger partial charge in [0.1, 0.15) is 11.2 Å². The van der Waals surface area contributed by atoms with Gasteiger partial charge in [-0.3, -0.25) is 9.59 Å². The Morgan fingerprint density at radius 3 is 2.40 bits per heavy atom. The van der Waals surface area contributed by atoms with E-state index in [0.29, 0.717) is 19.6 Å². The number of para-hydroxylation sites is 2. The van der Waals surface area contributed by atoms with E-state index in [1.807, 2.05) is 31.2 Å². The molecule has 0 atom stereocenters. The van der Waals surface area contributed by atoms with E-state index in [1.165, 1.54) is 0 Å². The molecule has 138 valence electrons. The molecule has 0 bridgehead atoms. The van der Waals surface area contributed by atoms with Crippen molar-refractivity contribution >= 4 is 17.5 Å². The van der Waals surface area contributed by atoms with E-state index in [0.717, 1.165) is 30.9 Å². The summed E-state index contributed by atoms with van der Waals surface area (Å²) in [6.45, 7) is 8.63. The molecule has 0 spiro atoms. The van der Waals surface area contributed by atoms with Gasteiger partial charge in [0.05, 0.1) is 12.8 Å². The number of carbonyl (C=O) groups excluding carboxylic acids is 2. The molecule has 1 aliphatic rings. The second-order valence-electron chi connectivity index (χ2n) is 6.83. The summed E-state index contributed by atoms with van der Waals surface area (Å²) < 4.78 is 5.42. The summed E-state index contributed by atoms with van der Waals surface area (Å²) >= 11 is 0. The molecule has 0 aromatic heterocycles. The second-order valence-corrected chi connectivity index (χ2v) is 6.83. The predicted molar refractivity (Wildman–Crippen MR) is 98.9 cm³/mol. The molecule has 1 aromatic rings. The van der Waals surface area contributed by atoms with Gasteiger partial charge in [-0.25, -0.2) is 0 Å². The normalized spacial score (nSPS) is 15.0. The first-order chi connectivity index (χ1) is 11.9. The Labute approximate surface area is 150 Å². The number of methoxy groups -OCH3 is 1. The van der Waals surface area contributed by atoms with Crippen LogP contribution in [-0.2, 0) is 9.59 Å². The van der Waals surface area contributed by atoms with Crippen LogP contribution in [0.25, 0.3) is 0 Å². The molecule has 0 unspecified atom stereocenters. The Bertz CT molecular complexity index is 608. The second kappa shape index (κ2) is 8.23. The van der Waals surface area contributed by atoms with Gasteiger partial charge in [0, 0.05) is 32.7 Å². The number of ether oxygens (including phenoxy) is 1. The third-order valence-electron chi connectivity index (χ3n) is 4.63. The van der Waals surface area contributed by atoms with Crippen molar-refractivity contribution in [3.8, 4) is 5.75 Å². The third kappa shape index (κ3) is 4.24. The summed E-state index contributed by atoms with van der Waals surface area (Å²) in [6, 6.07) is 7.89. The summed E-state index contributed by atoms with van der Waals surface area (Å²) in [5, 5.41) is 2.83. The molecule has 1 aromatic carbocycles. The van der Waals surface area contributed by atoms with Crippen LogP contribution in [0.1, 0.15) is 27.2 Å². The lowest BCUT2D eigenvalue weighted by atomic mass is 9.90. The first kappa shape index (κ1) is 19.1. The Morgan fingerprint density at radius 2 is 1.80 bits per heavy atom. The van der Waals surface area contributed by atoms with Crippen molar-refractivity contribution in [3.05, 3.63) is 24.3 Å². The predicted octanol–water partition coefficient (Wildman–Crippen LogP) is 1.90. The van der Waals surface area contributed by atoms with Crippen LogP contribution in [-0.4, -0.2) is 56.5 Å².